The molecule has 1 aromatic carbocycles. The van der Waals surface area contributed by atoms with Crippen molar-refractivity contribution in [3.63, 3.8) is 0 Å². The number of sulfonamides is 1. The summed E-state index contributed by atoms with van der Waals surface area (Å²) in [4.78, 5) is 14.2. The third-order valence-corrected chi connectivity index (χ3v) is 6.90. The number of rotatable bonds is 7. The van der Waals surface area contributed by atoms with Crippen LogP contribution in [-0.2, 0) is 14.8 Å². The van der Waals surface area contributed by atoms with Gasteiger partial charge in [-0.05, 0) is 50.0 Å². The fraction of sp³-hybridized carbons (Fsp3) is 0.636. The van der Waals surface area contributed by atoms with Crippen molar-refractivity contribution in [2.24, 2.45) is 0 Å². The van der Waals surface area contributed by atoms with E-state index in [-0.39, 0.29) is 25.3 Å². The Morgan fingerprint density at radius 3 is 2.55 bits per heavy atom. The van der Waals surface area contributed by atoms with Gasteiger partial charge < -0.3 is 15.0 Å². The second kappa shape index (κ2) is 10.9. The summed E-state index contributed by atoms with van der Waals surface area (Å²) >= 11 is 0. The van der Waals surface area contributed by atoms with Gasteiger partial charge in [-0.25, -0.2) is 17.9 Å². The lowest BCUT2D eigenvalue weighted by Gasteiger charge is -2.41. The molecule has 2 amide bonds. The van der Waals surface area contributed by atoms with Crippen LogP contribution in [0.3, 0.4) is 0 Å². The van der Waals surface area contributed by atoms with Crippen molar-refractivity contribution in [1.82, 2.24) is 14.9 Å². The van der Waals surface area contributed by atoms with Crippen LogP contribution in [0.5, 0.6) is 0 Å². The number of nitrogens with one attached hydrogen (secondary N) is 2. The van der Waals surface area contributed by atoms with Crippen LogP contribution in [0.25, 0.3) is 0 Å². The summed E-state index contributed by atoms with van der Waals surface area (Å²) in [5.41, 5.74) is 1.37. The minimum Gasteiger partial charge on any atom is -0.376 e. The zero-order chi connectivity index (χ0) is 22.3. The van der Waals surface area contributed by atoms with E-state index < -0.39 is 22.1 Å². The summed E-state index contributed by atoms with van der Waals surface area (Å²) in [5, 5.41) is 11.3. The number of hydrogen-bond acceptors (Lipinski definition) is 5. The lowest BCUT2D eigenvalue weighted by atomic mass is 9.83. The van der Waals surface area contributed by atoms with Gasteiger partial charge in [0, 0.05) is 12.6 Å². The zero-order valence-corrected chi connectivity index (χ0v) is 18.8. The van der Waals surface area contributed by atoms with Crippen LogP contribution in [0.1, 0.15) is 50.0 Å². The van der Waals surface area contributed by atoms with E-state index in [0.717, 1.165) is 31.9 Å². The summed E-state index contributed by atoms with van der Waals surface area (Å²) in [5.74, 6) is 0.545. The summed E-state index contributed by atoms with van der Waals surface area (Å²) in [6.45, 7) is 0.693. The number of amides is 2. The lowest BCUT2D eigenvalue weighted by Crippen LogP contribution is -2.60. The highest BCUT2D eigenvalue weighted by molar-refractivity contribution is 7.88. The first-order valence-electron chi connectivity index (χ1n) is 10.9. The van der Waals surface area contributed by atoms with Crippen LogP contribution < -0.4 is 10.0 Å². The number of carbonyl (C=O) groups is 1. The predicted molar refractivity (Wildman–Crippen MR) is 118 cm³/mol. The van der Waals surface area contributed by atoms with Crippen LogP contribution in [0.2, 0.25) is 0 Å². The molecular weight excluding hydrogens is 416 g/mol. The quantitative estimate of drug-likeness (QED) is 0.622. The van der Waals surface area contributed by atoms with Crippen molar-refractivity contribution in [3.05, 3.63) is 35.9 Å². The SMILES string of the molecule is CS(=O)(=O)N[C@H]1CCCN(C(=O)NCC#N)[C@H]1COC1CCC(c2ccccc2)CC1. The number of urea groups is 1. The van der Waals surface area contributed by atoms with Gasteiger partial charge in [0.15, 0.2) is 0 Å². The van der Waals surface area contributed by atoms with E-state index in [4.69, 9.17) is 10.00 Å². The number of piperidine rings is 1. The van der Waals surface area contributed by atoms with Crippen molar-refractivity contribution in [1.29, 1.82) is 5.26 Å². The topological polar surface area (TPSA) is 112 Å². The summed E-state index contributed by atoms with van der Waals surface area (Å²) in [6, 6.07) is 11.2. The van der Waals surface area contributed by atoms with Crippen molar-refractivity contribution in [3.8, 4) is 6.07 Å². The molecule has 0 bridgehead atoms. The minimum absolute atomic E-state index is 0.0867. The van der Waals surface area contributed by atoms with Crippen LogP contribution in [0, 0.1) is 11.3 Å². The van der Waals surface area contributed by atoms with E-state index in [1.165, 1.54) is 5.56 Å². The maximum atomic E-state index is 12.6. The summed E-state index contributed by atoms with van der Waals surface area (Å²) in [7, 11) is -3.42. The third-order valence-electron chi connectivity index (χ3n) is 6.17. The minimum atomic E-state index is -3.42. The molecule has 2 aliphatic rings. The normalized spacial score (nSPS) is 26.8. The second-order valence-corrected chi connectivity index (χ2v) is 10.2. The van der Waals surface area contributed by atoms with Crippen molar-refractivity contribution in [2.45, 2.75) is 62.6 Å². The van der Waals surface area contributed by atoms with E-state index in [2.05, 4.69) is 34.3 Å². The molecule has 3 rings (SSSR count). The van der Waals surface area contributed by atoms with Gasteiger partial charge in [0.2, 0.25) is 10.0 Å². The van der Waals surface area contributed by atoms with E-state index in [1.54, 1.807) is 4.90 Å². The fourth-order valence-electron chi connectivity index (χ4n) is 4.67. The maximum absolute atomic E-state index is 12.6. The van der Waals surface area contributed by atoms with E-state index in [1.807, 2.05) is 12.1 Å². The van der Waals surface area contributed by atoms with E-state index >= 15 is 0 Å². The molecule has 1 saturated heterocycles. The van der Waals surface area contributed by atoms with Crippen LogP contribution in [0.4, 0.5) is 4.79 Å². The van der Waals surface area contributed by atoms with Gasteiger partial charge in [0.05, 0.1) is 31.1 Å². The van der Waals surface area contributed by atoms with Gasteiger partial charge in [-0.2, -0.15) is 5.26 Å². The van der Waals surface area contributed by atoms with E-state index in [0.29, 0.717) is 25.3 Å². The Balaban J connectivity index is 1.60. The molecule has 9 heteroatoms. The average Bonchev–Trinajstić information content (AvgIpc) is 2.76. The van der Waals surface area contributed by atoms with Crippen molar-refractivity contribution < 1.29 is 17.9 Å². The third kappa shape index (κ3) is 6.92. The van der Waals surface area contributed by atoms with Gasteiger partial charge in [-0.3, -0.25) is 0 Å². The largest absolute Gasteiger partial charge is 0.376 e. The van der Waals surface area contributed by atoms with Gasteiger partial charge in [0.1, 0.15) is 6.54 Å². The first kappa shape index (κ1) is 23.5. The average molecular weight is 449 g/mol. The molecule has 1 saturated carbocycles. The Morgan fingerprint density at radius 1 is 1.19 bits per heavy atom. The monoisotopic (exact) mass is 448 g/mol. The Hall–Kier alpha value is -2.15. The molecule has 31 heavy (non-hydrogen) atoms. The van der Waals surface area contributed by atoms with Crippen LogP contribution >= 0.6 is 0 Å². The van der Waals surface area contributed by atoms with Gasteiger partial charge in [-0.15, -0.1) is 0 Å². The summed E-state index contributed by atoms with van der Waals surface area (Å²) < 4.78 is 32.6. The molecule has 1 heterocycles. The summed E-state index contributed by atoms with van der Waals surface area (Å²) in [6.07, 6.45) is 6.55. The standard InChI is InChI=1S/C22H32N4O4S/c1-31(28,29)25-20-8-5-15-26(22(27)24-14-13-23)21(20)16-30-19-11-9-18(10-12-19)17-6-3-2-4-7-17/h2-4,6-7,18-21,25H,5,8-12,14-16H2,1H3,(H,24,27)/t18?,19?,20-,21-/m0/s1. The Morgan fingerprint density at radius 2 is 1.90 bits per heavy atom. The van der Waals surface area contributed by atoms with Crippen LogP contribution in [0.15, 0.2) is 30.3 Å². The van der Waals surface area contributed by atoms with E-state index in [9.17, 15) is 13.2 Å². The van der Waals surface area contributed by atoms with Gasteiger partial charge >= 0.3 is 6.03 Å². The molecule has 0 radical (unpaired) electrons. The number of carbonyl (C=O) groups excluding carboxylic acids is 1. The van der Waals surface area contributed by atoms with Gasteiger partial charge in [0.25, 0.3) is 0 Å². The molecule has 1 aromatic rings. The highest BCUT2D eigenvalue weighted by atomic mass is 32.2. The molecule has 0 spiro atoms. The Kier molecular flexibility index (Phi) is 8.29. The van der Waals surface area contributed by atoms with Crippen molar-refractivity contribution in [2.75, 3.05) is 26.0 Å². The molecule has 2 atom stereocenters. The first-order valence-corrected chi connectivity index (χ1v) is 12.8. The predicted octanol–water partition coefficient (Wildman–Crippen LogP) is 2.34. The molecular formula is C22H32N4O4S. The first-order chi connectivity index (χ1) is 14.9. The number of nitrogens with zero attached hydrogens (tertiary/aromatic N) is 2. The molecule has 0 unspecified atom stereocenters. The highest BCUT2D eigenvalue weighted by Gasteiger charge is 2.37. The maximum Gasteiger partial charge on any atom is 0.318 e. The molecule has 2 fully saturated rings. The molecule has 2 N–H and O–H groups in total. The second-order valence-electron chi connectivity index (χ2n) is 8.43. The number of ether oxygens (including phenoxy) is 1. The van der Waals surface area contributed by atoms with Crippen molar-refractivity contribution >= 4 is 16.1 Å². The number of nitriles is 1. The molecule has 170 valence electrons. The number of benzene rings is 1. The fourth-order valence-corrected chi connectivity index (χ4v) is 5.49. The Bertz CT molecular complexity index is 863. The smallest absolute Gasteiger partial charge is 0.318 e. The lowest BCUT2D eigenvalue weighted by molar-refractivity contribution is -0.0173. The molecule has 1 aliphatic carbocycles. The number of likely N-dealkylation sites (tertiary alicyclic amines) is 1. The van der Waals surface area contributed by atoms with Gasteiger partial charge in [-0.1, -0.05) is 30.3 Å². The molecule has 8 nitrogen and oxygen atoms in total. The zero-order valence-electron chi connectivity index (χ0n) is 18.0. The number of hydrogen-bond donors (Lipinski definition) is 2. The highest BCUT2D eigenvalue weighted by Crippen LogP contribution is 2.34. The molecule has 0 aromatic heterocycles. The Labute approximate surface area is 185 Å². The van der Waals surface area contributed by atoms with Crippen LogP contribution in [-0.4, -0.2) is 63.5 Å². The molecule has 1 aliphatic heterocycles.